The Balaban J connectivity index is 1.84. The number of nitrogens with zero attached hydrogens (tertiary/aromatic N) is 1. The second kappa shape index (κ2) is 7.17. The Labute approximate surface area is 152 Å². The number of amides is 1. The number of imidazole rings is 1. The Bertz CT molecular complexity index is 925. The van der Waals surface area contributed by atoms with Crippen molar-refractivity contribution in [1.29, 1.82) is 0 Å². The van der Waals surface area contributed by atoms with Crippen molar-refractivity contribution in [2.75, 3.05) is 0 Å². The molecule has 0 saturated heterocycles. The Morgan fingerprint density at radius 1 is 1.23 bits per heavy atom. The summed E-state index contributed by atoms with van der Waals surface area (Å²) in [4.78, 5) is 19.3. The van der Waals surface area contributed by atoms with Crippen LogP contribution in [0.1, 0.15) is 31.9 Å². The number of aromatic nitrogens is 2. The van der Waals surface area contributed by atoms with Crippen molar-refractivity contribution >= 4 is 17.1 Å². The molecule has 0 aliphatic carbocycles. The third kappa shape index (κ3) is 4.21. The molecule has 0 fully saturated rings. The lowest BCUT2D eigenvalue weighted by atomic mass is 9.99. The molecule has 0 atom stereocenters. The maximum Gasteiger partial charge on any atom is 0.407 e. The minimum atomic E-state index is -0.525. The number of carbonyl (C=O) groups excluding carboxylic acids is 1. The number of alkyl carbamates (subject to hydrolysis) is 1. The van der Waals surface area contributed by atoms with E-state index in [0.717, 1.165) is 33.3 Å². The molecule has 3 rings (SSSR count). The summed E-state index contributed by atoms with van der Waals surface area (Å²) in [5.74, 6) is 0. The summed E-state index contributed by atoms with van der Waals surface area (Å²) in [5, 5.41) is 12.3. The van der Waals surface area contributed by atoms with E-state index in [1.807, 2.05) is 57.2 Å². The van der Waals surface area contributed by atoms with Crippen LogP contribution in [0.15, 0.2) is 42.7 Å². The molecule has 6 nitrogen and oxygen atoms in total. The topological polar surface area (TPSA) is 87.2 Å². The largest absolute Gasteiger partial charge is 0.444 e. The lowest BCUT2D eigenvalue weighted by molar-refractivity contribution is 0.0523. The van der Waals surface area contributed by atoms with Crippen molar-refractivity contribution in [3.8, 4) is 11.1 Å². The predicted octanol–water partition coefficient (Wildman–Crippen LogP) is 3.75. The van der Waals surface area contributed by atoms with E-state index in [2.05, 4.69) is 15.3 Å². The molecule has 3 aromatic rings. The summed E-state index contributed by atoms with van der Waals surface area (Å²) in [7, 11) is 0. The molecule has 0 aliphatic heterocycles. The number of benzene rings is 2. The average Bonchev–Trinajstić information content (AvgIpc) is 3.06. The standard InChI is InChI=1S/C20H23N3O3/c1-20(2,3)26-19(25)21-10-13-5-4-6-15(7-13)16-8-14(11-24)9-17-18(16)23-12-22-17/h4-9,12,24H,10-11H2,1-3H3,(H,21,25)(H,22,23). The van der Waals surface area contributed by atoms with Crippen LogP contribution in [0.3, 0.4) is 0 Å². The van der Waals surface area contributed by atoms with Crippen molar-refractivity contribution in [1.82, 2.24) is 15.3 Å². The van der Waals surface area contributed by atoms with Gasteiger partial charge in [0, 0.05) is 12.1 Å². The number of hydrogen-bond acceptors (Lipinski definition) is 4. The van der Waals surface area contributed by atoms with Gasteiger partial charge < -0.3 is 20.1 Å². The van der Waals surface area contributed by atoms with Crippen molar-refractivity contribution < 1.29 is 14.6 Å². The smallest absolute Gasteiger partial charge is 0.407 e. The number of aliphatic hydroxyl groups is 1. The van der Waals surface area contributed by atoms with E-state index in [0.29, 0.717) is 6.54 Å². The summed E-state index contributed by atoms with van der Waals surface area (Å²) in [6.07, 6.45) is 1.20. The molecule has 136 valence electrons. The zero-order chi connectivity index (χ0) is 18.7. The van der Waals surface area contributed by atoms with E-state index < -0.39 is 11.7 Å². The quantitative estimate of drug-likeness (QED) is 0.667. The highest BCUT2D eigenvalue weighted by molar-refractivity contribution is 5.92. The molecular weight excluding hydrogens is 330 g/mol. The average molecular weight is 353 g/mol. The second-order valence-electron chi connectivity index (χ2n) is 7.15. The Morgan fingerprint density at radius 3 is 2.77 bits per heavy atom. The first kappa shape index (κ1) is 17.9. The van der Waals surface area contributed by atoms with E-state index in [9.17, 15) is 9.90 Å². The van der Waals surface area contributed by atoms with Crippen LogP contribution in [-0.4, -0.2) is 26.8 Å². The normalized spacial score (nSPS) is 11.5. The summed E-state index contributed by atoms with van der Waals surface area (Å²) < 4.78 is 5.26. The number of carbonyl (C=O) groups is 1. The number of nitrogens with one attached hydrogen (secondary N) is 2. The molecule has 26 heavy (non-hydrogen) atoms. The van der Waals surface area contributed by atoms with Crippen LogP contribution < -0.4 is 5.32 Å². The van der Waals surface area contributed by atoms with Gasteiger partial charge in [0.1, 0.15) is 5.60 Å². The zero-order valence-electron chi connectivity index (χ0n) is 15.2. The van der Waals surface area contributed by atoms with Gasteiger partial charge in [0.2, 0.25) is 0 Å². The lowest BCUT2D eigenvalue weighted by Gasteiger charge is -2.19. The van der Waals surface area contributed by atoms with Gasteiger partial charge in [-0.3, -0.25) is 0 Å². The van der Waals surface area contributed by atoms with E-state index in [4.69, 9.17) is 4.74 Å². The Morgan fingerprint density at radius 2 is 2.04 bits per heavy atom. The lowest BCUT2D eigenvalue weighted by Crippen LogP contribution is -2.32. The molecule has 6 heteroatoms. The molecule has 1 amide bonds. The van der Waals surface area contributed by atoms with Crippen LogP contribution in [0.2, 0.25) is 0 Å². The molecule has 3 N–H and O–H groups in total. The summed E-state index contributed by atoms with van der Waals surface area (Å²) in [6, 6.07) is 11.7. The highest BCUT2D eigenvalue weighted by Crippen LogP contribution is 2.29. The van der Waals surface area contributed by atoms with E-state index in [-0.39, 0.29) is 6.61 Å². The highest BCUT2D eigenvalue weighted by Gasteiger charge is 2.16. The van der Waals surface area contributed by atoms with Gasteiger partial charge in [-0.15, -0.1) is 0 Å². The molecule has 0 spiro atoms. The minimum Gasteiger partial charge on any atom is -0.444 e. The van der Waals surface area contributed by atoms with Gasteiger partial charge in [0.25, 0.3) is 0 Å². The number of fused-ring (bicyclic) bond motifs is 1. The van der Waals surface area contributed by atoms with Crippen molar-refractivity contribution in [2.24, 2.45) is 0 Å². The molecule has 0 aliphatic rings. The van der Waals surface area contributed by atoms with E-state index >= 15 is 0 Å². The fourth-order valence-electron chi connectivity index (χ4n) is 2.76. The number of hydrogen-bond donors (Lipinski definition) is 3. The minimum absolute atomic E-state index is 0.0459. The predicted molar refractivity (Wildman–Crippen MR) is 101 cm³/mol. The van der Waals surface area contributed by atoms with Crippen LogP contribution in [-0.2, 0) is 17.9 Å². The molecule has 0 saturated carbocycles. The third-order valence-corrected chi connectivity index (χ3v) is 3.85. The summed E-state index contributed by atoms with van der Waals surface area (Å²) >= 11 is 0. The van der Waals surface area contributed by atoms with Crippen LogP contribution in [0.4, 0.5) is 4.79 Å². The first-order chi connectivity index (χ1) is 12.4. The van der Waals surface area contributed by atoms with Crippen molar-refractivity contribution in [3.63, 3.8) is 0 Å². The first-order valence-corrected chi connectivity index (χ1v) is 8.49. The molecular formula is C20H23N3O3. The Hall–Kier alpha value is -2.86. The van der Waals surface area contributed by atoms with Crippen LogP contribution >= 0.6 is 0 Å². The summed E-state index contributed by atoms with van der Waals surface area (Å²) in [6.45, 7) is 5.81. The number of aliphatic hydroxyl groups excluding tert-OH is 1. The molecule has 0 unspecified atom stereocenters. The monoisotopic (exact) mass is 353 g/mol. The van der Waals surface area contributed by atoms with Crippen LogP contribution in [0, 0.1) is 0 Å². The van der Waals surface area contributed by atoms with Gasteiger partial charge in [-0.1, -0.05) is 18.2 Å². The van der Waals surface area contributed by atoms with Gasteiger partial charge in [-0.25, -0.2) is 9.78 Å². The maximum absolute atomic E-state index is 11.8. The van der Waals surface area contributed by atoms with Crippen LogP contribution in [0.25, 0.3) is 22.2 Å². The van der Waals surface area contributed by atoms with Crippen molar-refractivity contribution in [2.45, 2.75) is 39.5 Å². The van der Waals surface area contributed by atoms with Gasteiger partial charge >= 0.3 is 6.09 Å². The molecule has 0 bridgehead atoms. The second-order valence-corrected chi connectivity index (χ2v) is 7.15. The molecule has 1 heterocycles. The summed E-state index contributed by atoms with van der Waals surface area (Å²) in [5.41, 5.74) is 4.90. The Kier molecular flexibility index (Phi) is 4.95. The number of ether oxygens (including phenoxy) is 1. The van der Waals surface area contributed by atoms with E-state index in [1.54, 1.807) is 6.33 Å². The first-order valence-electron chi connectivity index (χ1n) is 8.49. The van der Waals surface area contributed by atoms with Gasteiger partial charge in [0.05, 0.1) is 24.0 Å². The molecule has 0 radical (unpaired) electrons. The fourth-order valence-corrected chi connectivity index (χ4v) is 2.76. The SMILES string of the molecule is CC(C)(C)OC(=O)NCc1cccc(-c2cc(CO)cc3nc[nH]c23)c1. The van der Waals surface area contributed by atoms with E-state index in [1.165, 1.54) is 0 Å². The fraction of sp³-hybridized carbons (Fsp3) is 0.300. The van der Waals surface area contributed by atoms with Crippen LogP contribution in [0.5, 0.6) is 0 Å². The molecule has 1 aromatic heterocycles. The third-order valence-electron chi connectivity index (χ3n) is 3.85. The number of rotatable bonds is 4. The van der Waals surface area contributed by atoms with Gasteiger partial charge in [-0.05, 0) is 55.7 Å². The van der Waals surface area contributed by atoms with Gasteiger partial charge in [0.15, 0.2) is 0 Å². The number of aromatic amines is 1. The number of H-pyrrole nitrogens is 1. The molecule has 2 aromatic carbocycles. The van der Waals surface area contributed by atoms with Crippen molar-refractivity contribution in [3.05, 3.63) is 53.9 Å². The maximum atomic E-state index is 11.8. The zero-order valence-corrected chi connectivity index (χ0v) is 15.2. The van der Waals surface area contributed by atoms with Gasteiger partial charge in [-0.2, -0.15) is 0 Å². The highest BCUT2D eigenvalue weighted by atomic mass is 16.6.